The van der Waals surface area contributed by atoms with Crippen LogP contribution in [0.2, 0.25) is 0 Å². The summed E-state index contributed by atoms with van der Waals surface area (Å²) in [4.78, 5) is 24.2. The molecule has 1 N–H and O–H groups in total. The second-order valence-electron chi connectivity index (χ2n) is 5.29. The lowest BCUT2D eigenvalue weighted by Crippen LogP contribution is -2.33. The van der Waals surface area contributed by atoms with Crippen molar-refractivity contribution in [3.8, 4) is 5.69 Å². The summed E-state index contributed by atoms with van der Waals surface area (Å²) in [5, 5.41) is 6.66. The van der Waals surface area contributed by atoms with Gasteiger partial charge in [0.25, 0.3) is 0 Å². The average Bonchev–Trinajstić information content (AvgIpc) is 3.11. The number of carbonyl (C=O) groups excluding carboxylic acids is 2. The summed E-state index contributed by atoms with van der Waals surface area (Å²) in [6.07, 6.45) is 2.30. The number of benzene rings is 1. The van der Waals surface area contributed by atoms with Gasteiger partial charge in [-0.1, -0.05) is 0 Å². The Morgan fingerprint density at radius 2 is 2.33 bits per heavy atom. The zero-order valence-electron chi connectivity index (χ0n) is 12.7. The molecular formula is C15H14FIN4O3. The number of hydrogen-bond donors (Lipinski definition) is 1. The molecule has 24 heavy (non-hydrogen) atoms. The third kappa shape index (κ3) is 3.50. The van der Waals surface area contributed by atoms with E-state index in [1.807, 2.05) is 0 Å². The van der Waals surface area contributed by atoms with E-state index in [9.17, 15) is 14.0 Å². The van der Waals surface area contributed by atoms with Gasteiger partial charge >= 0.3 is 6.09 Å². The van der Waals surface area contributed by atoms with Crippen LogP contribution in [0.1, 0.15) is 6.92 Å². The number of halogens is 2. The first kappa shape index (κ1) is 16.7. The number of rotatable bonds is 4. The first-order chi connectivity index (χ1) is 11.4. The van der Waals surface area contributed by atoms with E-state index >= 15 is 0 Å². The summed E-state index contributed by atoms with van der Waals surface area (Å²) in [5.41, 5.74) is 0.692. The van der Waals surface area contributed by atoms with Crippen LogP contribution in [0.5, 0.6) is 0 Å². The number of aromatic nitrogens is 2. The van der Waals surface area contributed by atoms with Crippen molar-refractivity contribution in [2.45, 2.75) is 13.0 Å². The van der Waals surface area contributed by atoms with Gasteiger partial charge in [0.15, 0.2) is 5.82 Å². The van der Waals surface area contributed by atoms with Crippen LogP contribution in [0, 0.1) is 9.39 Å². The molecule has 1 fully saturated rings. The van der Waals surface area contributed by atoms with Gasteiger partial charge in [-0.05, 0) is 40.8 Å². The Labute approximate surface area is 150 Å². The van der Waals surface area contributed by atoms with Crippen LogP contribution in [0.3, 0.4) is 0 Å². The predicted octanol–water partition coefficient (Wildman–Crippen LogP) is 2.08. The first-order valence-corrected chi connectivity index (χ1v) is 8.24. The molecule has 126 valence electrons. The third-order valence-electron chi connectivity index (χ3n) is 3.49. The van der Waals surface area contributed by atoms with Crippen molar-refractivity contribution >= 4 is 40.3 Å². The minimum Gasteiger partial charge on any atom is -0.442 e. The Morgan fingerprint density at radius 1 is 1.54 bits per heavy atom. The number of amides is 2. The van der Waals surface area contributed by atoms with Gasteiger partial charge in [-0.3, -0.25) is 9.69 Å². The molecule has 3 rings (SSSR count). The van der Waals surface area contributed by atoms with Crippen molar-refractivity contribution in [3.63, 3.8) is 0 Å². The minimum atomic E-state index is -0.564. The fourth-order valence-corrected chi connectivity index (χ4v) is 2.77. The fraction of sp³-hybridized carbons (Fsp3) is 0.267. The first-order valence-electron chi connectivity index (χ1n) is 7.16. The zero-order chi connectivity index (χ0) is 17.3. The number of cyclic esters (lactones) is 1. The number of carbonyl (C=O) groups is 2. The van der Waals surface area contributed by atoms with Gasteiger partial charge in [-0.2, -0.15) is 5.10 Å². The maximum atomic E-state index is 14.4. The van der Waals surface area contributed by atoms with Crippen LogP contribution in [-0.4, -0.2) is 41.0 Å². The maximum Gasteiger partial charge on any atom is 0.414 e. The number of nitrogens with zero attached hydrogens (tertiary/aromatic N) is 3. The van der Waals surface area contributed by atoms with Crippen LogP contribution >= 0.6 is 22.6 Å². The molecule has 1 aliphatic rings. The topological polar surface area (TPSA) is 76.5 Å². The Kier molecular flexibility index (Phi) is 4.69. The third-order valence-corrected chi connectivity index (χ3v) is 4.05. The Morgan fingerprint density at radius 3 is 2.96 bits per heavy atom. The van der Waals surface area contributed by atoms with E-state index in [0.29, 0.717) is 11.4 Å². The number of ether oxygens (including phenoxy) is 1. The van der Waals surface area contributed by atoms with Crippen LogP contribution in [-0.2, 0) is 9.53 Å². The number of hydrogen-bond acceptors (Lipinski definition) is 4. The summed E-state index contributed by atoms with van der Waals surface area (Å²) in [6, 6.07) is 4.46. The van der Waals surface area contributed by atoms with Crippen LogP contribution in [0.4, 0.5) is 14.9 Å². The molecule has 2 amide bonds. The van der Waals surface area contributed by atoms with Gasteiger partial charge in [0.2, 0.25) is 5.91 Å². The second-order valence-corrected chi connectivity index (χ2v) is 6.54. The van der Waals surface area contributed by atoms with Gasteiger partial charge in [-0.15, -0.1) is 0 Å². The molecular weight excluding hydrogens is 430 g/mol. The molecule has 9 heteroatoms. The highest BCUT2D eigenvalue weighted by atomic mass is 127. The Hall–Kier alpha value is -2.17. The van der Waals surface area contributed by atoms with Crippen molar-refractivity contribution in [2.24, 2.45) is 0 Å². The summed E-state index contributed by atoms with van der Waals surface area (Å²) in [7, 11) is 0. The smallest absolute Gasteiger partial charge is 0.414 e. The van der Waals surface area contributed by atoms with E-state index < -0.39 is 18.0 Å². The molecule has 0 bridgehead atoms. The van der Waals surface area contributed by atoms with E-state index in [0.717, 1.165) is 3.57 Å². The SMILES string of the molecule is CC(=O)NC[C@H]1CN(c2ccc(-n3cc(I)cn3)c(F)c2)C(=O)O1. The fourth-order valence-electron chi connectivity index (χ4n) is 2.38. The largest absolute Gasteiger partial charge is 0.442 e. The van der Waals surface area contributed by atoms with E-state index in [2.05, 4.69) is 33.0 Å². The van der Waals surface area contributed by atoms with Gasteiger partial charge in [0.1, 0.15) is 11.8 Å². The summed E-state index contributed by atoms with van der Waals surface area (Å²) >= 11 is 2.09. The number of anilines is 1. The molecule has 1 aromatic carbocycles. The lowest BCUT2D eigenvalue weighted by molar-refractivity contribution is -0.119. The molecule has 1 atom stereocenters. The predicted molar refractivity (Wildman–Crippen MR) is 92.5 cm³/mol. The van der Waals surface area contributed by atoms with E-state index in [-0.39, 0.29) is 19.0 Å². The minimum absolute atomic E-state index is 0.200. The van der Waals surface area contributed by atoms with Crippen molar-refractivity contribution in [2.75, 3.05) is 18.0 Å². The molecule has 0 aliphatic carbocycles. The maximum absolute atomic E-state index is 14.4. The molecule has 0 spiro atoms. The van der Waals surface area contributed by atoms with E-state index in [1.54, 1.807) is 24.5 Å². The van der Waals surface area contributed by atoms with Crippen molar-refractivity contribution in [1.82, 2.24) is 15.1 Å². The van der Waals surface area contributed by atoms with Gasteiger partial charge < -0.3 is 10.1 Å². The van der Waals surface area contributed by atoms with Gasteiger partial charge in [0.05, 0.1) is 28.5 Å². The average molecular weight is 444 g/mol. The monoisotopic (exact) mass is 444 g/mol. The number of nitrogens with one attached hydrogen (secondary N) is 1. The van der Waals surface area contributed by atoms with Crippen molar-refractivity contribution in [3.05, 3.63) is 40.0 Å². The van der Waals surface area contributed by atoms with E-state index in [4.69, 9.17) is 4.74 Å². The molecule has 0 saturated carbocycles. The molecule has 1 aliphatic heterocycles. The van der Waals surface area contributed by atoms with Crippen LogP contribution in [0.25, 0.3) is 5.69 Å². The normalized spacial score (nSPS) is 17.0. The molecule has 7 nitrogen and oxygen atoms in total. The van der Waals surface area contributed by atoms with Crippen LogP contribution in [0.15, 0.2) is 30.6 Å². The Bertz CT molecular complexity index is 795. The standard InChI is InChI=1S/C15H14FIN4O3/c1-9(22)18-6-12-8-20(15(23)24-12)11-2-3-14(13(16)4-11)21-7-10(17)5-19-21/h2-5,7,12H,6,8H2,1H3,(H,18,22)/t12-/m0/s1. The lowest BCUT2D eigenvalue weighted by Gasteiger charge is -2.14. The van der Waals surface area contributed by atoms with Crippen molar-refractivity contribution in [1.29, 1.82) is 0 Å². The molecule has 0 unspecified atom stereocenters. The second kappa shape index (κ2) is 6.75. The molecule has 1 saturated heterocycles. The van der Waals surface area contributed by atoms with Gasteiger partial charge in [0, 0.05) is 13.1 Å². The molecule has 0 radical (unpaired) electrons. The summed E-state index contributed by atoms with van der Waals surface area (Å²) in [5.74, 6) is -0.695. The highest BCUT2D eigenvalue weighted by molar-refractivity contribution is 14.1. The highest BCUT2D eigenvalue weighted by Crippen LogP contribution is 2.25. The molecule has 1 aromatic heterocycles. The summed E-state index contributed by atoms with van der Waals surface area (Å²) < 4.78 is 21.9. The zero-order valence-corrected chi connectivity index (χ0v) is 14.9. The highest BCUT2D eigenvalue weighted by Gasteiger charge is 2.32. The van der Waals surface area contributed by atoms with Gasteiger partial charge in [-0.25, -0.2) is 13.9 Å². The molecule has 2 heterocycles. The Balaban J connectivity index is 1.77. The van der Waals surface area contributed by atoms with E-state index in [1.165, 1.54) is 22.6 Å². The summed E-state index contributed by atoms with van der Waals surface area (Å²) in [6.45, 7) is 1.86. The lowest BCUT2D eigenvalue weighted by atomic mass is 10.2. The molecule has 2 aromatic rings. The van der Waals surface area contributed by atoms with Crippen LogP contribution < -0.4 is 10.2 Å². The quantitative estimate of drug-likeness (QED) is 0.733. The van der Waals surface area contributed by atoms with Crippen molar-refractivity contribution < 1.29 is 18.7 Å².